The van der Waals surface area contributed by atoms with Crippen LogP contribution in [-0.2, 0) is 54.2 Å². The van der Waals surface area contributed by atoms with Crippen molar-refractivity contribution in [3.8, 4) is 0 Å². The fourth-order valence-corrected chi connectivity index (χ4v) is 6.02. The Balaban J connectivity index is 2.45. The molecule has 0 radical (unpaired) electrons. The van der Waals surface area contributed by atoms with E-state index >= 15 is 0 Å². The van der Waals surface area contributed by atoms with Gasteiger partial charge >= 0.3 is 29.8 Å². The molecule has 0 N–H and O–H groups in total. The zero-order chi connectivity index (χ0) is 46.4. The largest absolute Gasteiger partial charge is 0.459 e. The summed E-state index contributed by atoms with van der Waals surface area (Å²) in [5, 5.41) is 1.00. The zero-order valence-corrected chi connectivity index (χ0v) is 39.8. The van der Waals surface area contributed by atoms with Crippen molar-refractivity contribution in [2.24, 2.45) is 0 Å². The van der Waals surface area contributed by atoms with Crippen LogP contribution < -0.4 is 0 Å². The minimum Gasteiger partial charge on any atom is -0.459 e. The van der Waals surface area contributed by atoms with Gasteiger partial charge in [0.15, 0.2) is 0 Å². The van der Waals surface area contributed by atoms with Gasteiger partial charge in [-0.25, -0.2) is 0 Å². The maximum Gasteiger partial charge on any atom is 0.320 e. The van der Waals surface area contributed by atoms with Crippen molar-refractivity contribution in [3.63, 3.8) is 0 Å². The van der Waals surface area contributed by atoms with Crippen LogP contribution in [0.5, 0.6) is 0 Å². The summed E-state index contributed by atoms with van der Waals surface area (Å²) in [5.74, 6) is -2.35. The fraction of sp³-hybridized carbons (Fsp3) is 0.696. The number of carbonyl (C=O) groups is 5. The van der Waals surface area contributed by atoms with Crippen molar-refractivity contribution in [3.05, 3.63) is 42.1 Å². The van der Waals surface area contributed by atoms with E-state index in [0.717, 1.165) is 16.6 Å². The average molecular weight is 858 g/mol. The van der Waals surface area contributed by atoms with Crippen LogP contribution >= 0.6 is 0 Å². The average Bonchev–Trinajstić information content (AvgIpc) is 3.03. The Morgan fingerprint density at radius 2 is 0.705 bits per heavy atom. The van der Waals surface area contributed by atoms with Gasteiger partial charge in [-0.1, -0.05) is 24.3 Å². The van der Waals surface area contributed by atoms with Gasteiger partial charge in [0.05, 0.1) is 43.9 Å². The number of hydrogen-bond donors (Lipinski definition) is 0. The minimum atomic E-state index is -0.726. The van der Waals surface area contributed by atoms with Gasteiger partial charge in [-0.2, -0.15) is 0 Å². The Labute approximate surface area is 364 Å². The first-order valence-electron chi connectivity index (χ1n) is 21.2. The molecule has 1 aromatic heterocycles. The summed E-state index contributed by atoms with van der Waals surface area (Å²) in [6.45, 7) is 28.6. The van der Waals surface area contributed by atoms with Crippen molar-refractivity contribution in [2.45, 2.75) is 138 Å². The van der Waals surface area contributed by atoms with Crippen LogP contribution in [0, 0.1) is 0 Å². The Hall–Kier alpha value is -4.18. The molecule has 0 saturated carbocycles. The molecular weight excluding hydrogens is 783 g/mol. The predicted octanol–water partition coefficient (Wildman–Crippen LogP) is 5.65. The number of nitrogens with zero attached hydrogens (tertiary/aromatic N) is 5. The molecule has 0 unspecified atom stereocenters. The fourth-order valence-electron chi connectivity index (χ4n) is 6.02. The summed E-state index contributed by atoms with van der Waals surface area (Å²) in [6, 6.07) is 11.8. The van der Waals surface area contributed by atoms with E-state index in [9.17, 15) is 24.0 Å². The molecule has 0 atom stereocenters. The number of esters is 5. The van der Waals surface area contributed by atoms with Gasteiger partial charge in [-0.15, -0.1) is 0 Å². The molecule has 15 nitrogen and oxygen atoms in total. The van der Waals surface area contributed by atoms with Crippen LogP contribution in [0.15, 0.2) is 36.4 Å². The number of aromatic nitrogens is 1. The van der Waals surface area contributed by atoms with Gasteiger partial charge in [0.2, 0.25) is 0 Å². The van der Waals surface area contributed by atoms with E-state index in [4.69, 9.17) is 28.7 Å². The monoisotopic (exact) mass is 858 g/mol. The molecule has 0 fully saturated rings. The van der Waals surface area contributed by atoms with Crippen LogP contribution in [0.4, 0.5) is 0 Å². The number of benzene rings is 1. The summed E-state index contributed by atoms with van der Waals surface area (Å²) >= 11 is 0. The van der Waals surface area contributed by atoms with Crippen molar-refractivity contribution in [1.29, 1.82) is 0 Å². The first kappa shape index (κ1) is 53.0. The van der Waals surface area contributed by atoms with Crippen molar-refractivity contribution in [1.82, 2.24) is 24.6 Å². The third-order valence-electron chi connectivity index (χ3n) is 8.10. The number of rotatable bonds is 21. The molecule has 0 aliphatic heterocycles. The summed E-state index contributed by atoms with van der Waals surface area (Å²) in [5.41, 5.74) is -1.94. The molecule has 2 aromatic rings. The van der Waals surface area contributed by atoms with Gasteiger partial charge < -0.3 is 23.7 Å². The van der Waals surface area contributed by atoms with Crippen LogP contribution in [-0.4, -0.2) is 154 Å². The molecule has 0 aliphatic carbocycles. The molecule has 0 amide bonds. The molecule has 2 rings (SSSR count). The molecule has 0 saturated heterocycles. The second kappa shape index (κ2) is 22.8. The van der Waals surface area contributed by atoms with Gasteiger partial charge in [-0.3, -0.25) is 48.6 Å². The summed E-state index contributed by atoms with van der Waals surface area (Å²) in [4.78, 5) is 77.8. The Morgan fingerprint density at radius 1 is 0.410 bits per heavy atom. The molecular formula is C46H75N5O10. The summed E-state index contributed by atoms with van der Waals surface area (Å²) in [7, 11) is 0. The number of ether oxygens (including phenoxy) is 5. The predicted molar refractivity (Wildman–Crippen MR) is 236 cm³/mol. The summed E-state index contributed by atoms with van der Waals surface area (Å²) in [6.07, 6.45) is 0. The third kappa shape index (κ3) is 25.4. The number of para-hydroxylation sites is 1. The van der Waals surface area contributed by atoms with Gasteiger partial charge in [0, 0.05) is 51.2 Å². The topological polar surface area (TPSA) is 157 Å². The number of carbonyl (C=O) groups excluding carboxylic acids is 5. The number of pyridine rings is 1. The van der Waals surface area contributed by atoms with Gasteiger partial charge in [-0.05, 0) is 116 Å². The molecule has 0 aliphatic rings. The molecule has 1 aromatic carbocycles. The molecule has 344 valence electrons. The molecule has 1 heterocycles. The smallest absolute Gasteiger partial charge is 0.320 e. The summed E-state index contributed by atoms with van der Waals surface area (Å²) < 4.78 is 28.1. The van der Waals surface area contributed by atoms with E-state index in [1.54, 1.807) is 114 Å². The SMILES string of the molecule is CC(C)(C)OC(=O)CN(CCN(CC(=O)OC(C)(C)C)CC(=O)OC(C)(C)C)CCN(CCN(CC(=O)OC(C)(C)C)CC(=O)OC(C)(C)C)Cc1ccc2ccccc2n1. The van der Waals surface area contributed by atoms with Crippen LogP contribution in [0.2, 0.25) is 0 Å². The Bertz CT molecular complexity index is 1690. The molecule has 15 heteroatoms. The van der Waals surface area contributed by atoms with Crippen molar-refractivity contribution >= 4 is 40.7 Å². The Morgan fingerprint density at radius 3 is 1.05 bits per heavy atom. The second-order valence-corrected chi connectivity index (χ2v) is 20.4. The number of fused-ring (bicyclic) bond motifs is 1. The minimum absolute atomic E-state index is 0.0601. The molecule has 0 spiro atoms. The van der Waals surface area contributed by atoms with Gasteiger partial charge in [0.25, 0.3) is 0 Å². The van der Waals surface area contributed by atoms with E-state index in [2.05, 4.69) is 4.90 Å². The van der Waals surface area contributed by atoms with Crippen molar-refractivity contribution in [2.75, 3.05) is 72.0 Å². The second-order valence-electron chi connectivity index (χ2n) is 20.4. The lowest BCUT2D eigenvalue weighted by molar-refractivity contribution is -0.162. The highest BCUT2D eigenvalue weighted by Crippen LogP contribution is 2.16. The van der Waals surface area contributed by atoms with E-state index in [-0.39, 0.29) is 45.8 Å². The van der Waals surface area contributed by atoms with Crippen LogP contribution in [0.25, 0.3) is 10.9 Å². The third-order valence-corrected chi connectivity index (χ3v) is 8.10. The highest BCUT2D eigenvalue weighted by atomic mass is 16.6. The highest BCUT2D eigenvalue weighted by molar-refractivity contribution is 5.78. The van der Waals surface area contributed by atoms with E-state index in [0.29, 0.717) is 32.7 Å². The normalized spacial score (nSPS) is 12.9. The standard InChI is InChI=1S/C46H75N5O10/c1-42(2,3)57-37(52)29-49(25-27-51(32-40(55)60-45(10,11)12)33-41(56)61-46(13,14)15)23-22-48(28-35-21-20-34-18-16-17-19-36(34)47-35)24-26-50(30-38(53)58-43(4,5)6)31-39(54)59-44(7,8)9/h16-21H,22-33H2,1-15H3. The van der Waals surface area contributed by atoms with E-state index in [1.807, 2.05) is 41.3 Å². The van der Waals surface area contributed by atoms with E-state index in [1.165, 1.54) is 0 Å². The maximum atomic E-state index is 13.3. The zero-order valence-electron chi connectivity index (χ0n) is 39.8. The molecule has 61 heavy (non-hydrogen) atoms. The molecule has 0 bridgehead atoms. The lowest BCUT2D eigenvalue weighted by atomic mass is 10.2. The first-order valence-corrected chi connectivity index (χ1v) is 21.2. The van der Waals surface area contributed by atoms with Crippen molar-refractivity contribution < 1.29 is 47.7 Å². The highest BCUT2D eigenvalue weighted by Gasteiger charge is 2.27. The van der Waals surface area contributed by atoms with E-state index < -0.39 is 57.9 Å². The Kier molecular flexibility index (Phi) is 19.8. The lowest BCUT2D eigenvalue weighted by Gasteiger charge is -2.32. The maximum absolute atomic E-state index is 13.3. The van der Waals surface area contributed by atoms with Crippen LogP contribution in [0.1, 0.15) is 110 Å². The lowest BCUT2D eigenvalue weighted by Crippen LogP contribution is -2.47. The van der Waals surface area contributed by atoms with Crippen LogP contribution in [0.3, 0.4) is 0 Å². The first-order chi connectivity index (χ1) is 27.8. The van der Waals surface area contributed by atoms with Gasteiger partial charge in [0.1, 0.15) is 28.0 Å². The number of hydrogen-bond acceptors (Lipinski definition) is 15. The quantitative estimate of drug-likeness (QED) is 0.112.